The van der Waals surface area contributed by atoms with Gasteiger partial charge in [0.15, 0.2) is 0 Å². The van der Waals surface area contributed by atoms with Gasteiger partial charge < -0.3 is 4.90 Å². The van der Waals surface area contributed by atoms with Gasteiger partial charge in [0.05, 0.1) is 6.20 Å². The molecule has 1 aromatic rings. The van der Waals surface area contributed by atoms with Crippen molar-refractivity contribution < 1.29 is 4.79 Å². The van der Waals surface area contributed by atoms with Crippen LogP contribution in [0.15, 0.2) is 18.6 Å². The molecule has 0 saturated carbocycles. The van der Waals surface area contributed by atoms with Crippen molar-refractivity contribution in [3.8, 4) is 0 Å². The van der Waals surface area contributed by atoms with Crippen LogP contribution in [0.5, 0.6) is 0 Å². The van der Waals surface area contributed by atoms with Gasteiger partial charge in [-0.05, 0) is 25.7 Å². The summed E-state index contributed by atoms with van der Waals surface area (Å²) in [6.45, 7) is 2.99. The molecule has 1 saturated heterocycles. The molecule has 4 heteroatoms. The molecule has 1 amide bonds. The highest BCUT2D eigenvalue weighted by Crippen LogP contribution is 2.20. The average Bonchev–Trinajstić information content (AvgIpc) is 2.39. The predicted molar refractivity (Wildman–Crippen MR) is 61.0 cm³/mol. The molecule has 4 nitrogen and oxygen atoms in total. The minimum absolute atomic E-state index is 0.0275. The first-order valence-corrected chi connectivity index (χ1v) is 5.90. The highest BCUT2D eigenvalue weighted by atomic mass is 16.2. The molecule has 0 bridgehead atoms. The van der Waals surface area contributed by atoms with E-state index in [-0.39, 0.29) is 5.91 Å². The number of hydrogen-bond donors (Lipinski definition) is 0. The van der Waals surface area contributed by atoms with Crippen LogP contribution in [0.4, 0.5) is 0 Å². The van der Waals surface area contributed by atoms with Crippen LogP contribution in [0.1, 0.15) is 43.1 Å². The normalized spacial score (nSPS) is 20.8. The molecule has 0 aliphatic carbocycles. The molecule has 0 N–H and O–H groups in total. The van der Waals surface area contributed by atoms with Gasteiger partial charge in [0.2, 0.25) is 0 Å². The van der Waals surface area contributed by atoms with Gasteiger partial charge in [-0.3, -0.25) is 9.78 Å². The van der Waals surface area contributed by atoms with Crippen molar-refractivity contribution in [3.63, 3.8) is 0 Å². The van der Waals surface area contributed by atoms with E-state index >= 15 is 0 Å². The quantitative estimate of drug-likeness (QED) is 0.763. The van der Waals surface area contributed by atoms with Gasteiger partial charge in [-0.25, -0.2) is 4.98 Å². The smallest absolute Gasteiger partial charge is 0.274 e. The number of hydrogen-bond acceptors (Lipinski definition) is 3. The number of carbonyl (C=O) groups is 1. The third-order valence-corrected chi connectivity index (χ3v) is 3.14. The second kappa shape index (κ2) is 5.05. The first-order chi connectivity index (χ1) is 7.83. The zero-order valence-corrected chi connectivity index (χ0v) is 9.59. The fourth-order valence-corrected chi connectivity index (χ4v) is 2.25. The molecular formula is C12H17N3O. The van der Waals surface area contributed by atoms with E-state index in [1.165, 1.54) is 6.42 Å². The lowest BCUT2D eigenvalue weighted by molar-refractivity contribution is 0.0601. The molecule has 0 aromatic carbocycles. The number of piperidine rings is 1. The van der Waals surface area contributed by atoms with Crippen molar-refractivity contribution in [2.75, 3.05) is 6.54 Å². The van der Waals surface area contributed by atoms with E-state index in [9.17, 15) is 4.79 Å². The summed E-state index contributed by atoms with van der Waals surface area (Å²) in [4.78, 5) is 22.2. The van der Waals surface area contributed by atoms with E-state index in [2.05, 4.69) is 16.9 Å². The zero-order valence-electron chi connectivity index (χ0n) is 9.59. The molecule has 1 fully saturated rings. The van der Waals surface area contributed by atoms with Gasteiger partial charge in [0, 0.05) is 25.0 Å². The second-order valence-corrected chi connectivity index (χ2v) is 4.15. The summed E-state index contributed by atoms with van der Waals surface area (Å²) in [6.07, 6.45) is 9.16. The maximum Gasteiger partial charge on any atom is 0.274 e. The summed E-state index contributed by atoms with van der Waals surface area (Å²) >= 11 is 0. The minimum Gasteiger partial charge on any atom is -0.334 e. The summed E-state index contributed by atoms with van der Waals surface area (Å²) in [5, 5.41) is 0. The largest absolute Gasteiger partial charge is 0.334 e. The van der Waals surface area contributed by atoms with E-state index in [1.807, 2.05) is 4.90 Å². The molecule has 86 valence electrons. The number of carbonyl (C=O) groups excluding carboxylic acids is 1. The predicted octanol–water partition coefficient (Wildman–Crippen LogP) is 1.88. The summed E-state index contributed by atoms with van der Waals surface area (Å²) in [5.41, 5.74) is 0.461. The molecule has 2 heterocycles. The summed E-state index contributed by atoms with van der Waals surface area (Å²) in [5.74, 6) is 0.0275. The average molecular weight is 219 g/mol. The van der Waals surface area contributed by atoms with Crippen molar-refractivity contribution in [2.45, 2.75) is 38.6 Å². The molecule has 1 atom stereocenters. The molecule has 2 rings (SSSR count). The van der Waals surface area contributed by atoms with E-state index < -0.39 is 0 Å². The van der Waals surface area contributed by atoms with Crippen LogP contribution >= 0.6 is 0 Å². The van der Waals surface area contributed by atoms with Crippen LogP contribution in [0.2, 0.25) is 0 Å². The Morgan fingerprint density at radius 1 is 1.50 bits per heavy atom. The highest BCUT2D eigenvalue weighted by Gasteiger charge is 2.26. The highest BCUT2D eigenvalue weighted by molar-refractivity contribution is 5.92. The monoisotopic (exact) mass is 219 g/mol. The number of likely N-dealkylation sites (tertiary alicyclic amines) is 1. The van der Waals surface area contributed by atoms with E-state index in [4.69, 9.17) is 0 Å². The second-order valence-electron chi connectivity index (χ2n) is 4.15. The van der Waals surface area contributed by atoms with Crippen LogP contribution in [0, 0.1) is 0 Å². The first kappa shape index (κ1) is 11.0. The fourth-order valence-electron chi connectivity index (χ4n) is 2.25. The molecule has 1 aliphatic heterocycles. The number of amides is 1. The maximum atomic E-state index is 12.2. The molecule has 1 aromatic heterocycles. The van der Waals surface area contributed by atoms with Crippen molar-refractivity contribution in [2.24, 2.45) is 0 Å². The minimum atomic E-state index is 0.0275. The lowest BCUT2D eigenvalue weighted by atomic mass is 10.00. The summed E-state index contributed by atoms with van der Waals surface area (Å²) in [7, 11) is 0. The zero-order chi connectivity index (χ0) is 11.4. The Bertz CT molecular complexity index is 353. The summed E-state index contributed by atoms with van der Waals surface area (Å²) in [6, 6.07) is 0.378. The number of rotatable bonds is 2. The van der Waals surface area contributed by atoms with Crippen molar-refractivity contribution in [1.82, 2.24) is 14.9 Å². The van der Waals surface area contributed by atoms with Gasteiger partial charge in [0.25, 0.3) is 5.91 Å². The molecule has 0 radical (unpaired) electrons. The van der Waals surface area contributed by atoms with Crippen LogP contribution in [-0.4, -0.2) is 33.4 Å². The maximum absolute atomic E-state index is 12.2. The van der Waals surface area contributed by atoms with Gasteiger partial charge in [-0.2, -0.15) is 0 Å². The summed E-state index contributed by atoms with van der Waals surface area (Å²) < 4.78 is 0. The Hall–Kier alpha value is -1.45. The molecule has 0 spiro atoms. The Morgan fingerprint density at radius 3 is 3.06 bits per heavy atom. The fraction of sp³-hybridized carbons (Fsp3) is 0.583. The van der Waals surface area contributed by atoms with Gasteiger partial charge in [-0.1, -0.05) is 6.92 Å². The lowest BCUT2D eigenvalue weighted by Crippen LogP contribution is -2.43. The Morgan fingerprint density at radius 2 is 2.38 bits per heavy atom. The Kier molecular flexibility index (Phi) is 3.49. The van der Waals surface area contributed by atoms with Gasteiger partial charge >= 0.3 is 0 Å². The Labute approximate surface area is 95.7 Å². The van der Waals surface area contributed by atoms with E-state index in [1.54, 1.807) is 18.6 Å². The SMILES string of the molecule is CC[C@H]1CCCCN1C(=O)c1cnccn1. The molecule has 0 unspecified atom stereocenters. The van der Waals surface area contributed by atoms with E-state index in [0.29, 0.717) is 11.7 Å². The van der Waals surface area contributed by atoms with Gasteiger partial charge in [0.1, 0.15) is 5.69 Å². The van der Waals surface area contributed by atoms with Crippen LogP contribution in [0.3, 0.4) is 0 Å². The van der Waals surface area contributed by atoms with Crippen LogP contribution in [0.25, 0.3) is 0 Å². The van der Waals surface area contributed by atoms with E-state index in [0.717, 1.165) is 25.8 Å². The first-order valence-electron chi connectivity index (χ1n) is 5.90. The van der Waals surface area contributed by atoms with Crippen LogP contribution in [-0.2, 0) is 0 Å². The van der Waals surface area contributed by atoms with Crippen molar-refractivity contribution in [3.05, 3.63) is 24.3 Å². The van der Waals surface area contributed by atoms with Gasteiger partial charge in [-0.15, -0.1) is 0 Å². The Balaban J connectivity index is 2.14. The third-order valence-electron chi connectivity index (χ3n) is 3.14. The third kappa shape index (κ3) is 2.21. The number of aromatic nitrogens is 2. The van der Waals surface area contributed by atoms with Crippen molar-refractivity contribution >= 4 is 5.91 Å². The molecule has 16 heavy (non-hydrogen) atoms. The number of nitrogens with zero attached hydrogens (tertiary/aromatic N) is 3. The molecule has 1 aliphatic rings. The lowest BCUT2D eigenvalue weighted by Gasteiger charge is -2.34. The topological polar surface area (TPSA) is 46.1 Å². The standard InChI is InChI=1S/C12H17N3O/c1-2-10-5-3-4-8-15(10)12(16)11-9-13-6-7-14-11/h6-7,9-10H,2-5,8H2,1H3/t10-/m0/s1. The molecular weight excluding hydrogens is 202 g/mol. The van der Waals surface area contributed by atoms with Crippen molar-refractivity contribution in [1.29, 1.82) is 0 Å². The van der Waals surface area contributed by atoms with Crippen LogP contribution < -0.4 is 0 Å².